The quantitative estimate of drug-likeness (QED) is 0.889. The molecule has 2 atom stereocenters. The van der Waals surface area contributed by atoms with Crippen LogP contribution >= 0.6 is 11.3 Å². The van der Waals surface area contributed by atoms with Crippen LogP contribution in [0.15, 0.2) is 10.6 Å². The molecule has 2 saturated heterocycles. The van der Waals surface area contributed by atoms with Crippen LogP contribution < -0.4 is 10.6 Å². The van der Waals surface area contributed by atoms with Crippen molar-refractivity contribution in [2.45, 2.75) is 24.4 Å². The van der Waals surface area contributed by atoms with Gasteiger partial charge < -0.3 is 15.1 Å². The SMILES string of the molecule is FC(F)c1nnc(-c2cnc(C34CNC(CN3)C4)s2)o1. The van der Waals surface area contributed by atoms with Gasteiger partial charge in [-0.05, 0) is 6.42 Å². The lowest BCUT2D eigenvalue weighted by Gasteiger charge is -2.25. The molecule has 2 aromatic heterocycles. The zero-order chi connectivity index (χ0) is 13.7. The predicted molar refractivity (Wildman–Crippen MR) is 66.5 cm³/mol. The van der Waals surface area contributed by atoms with Crippen molar-refractivity contribution >= 4 is 11.3 Å². The van der Waals surface area contributed by atoms with E-state index in [0.29, 0.717) is 10.9 Å². The van der Waals surface area contributed by atoms with Crippen LogP contribution in [0.4, 0.5) is 8.78 Å². The van der Waals surface area contributed by atoms with E-state index in [1.807, 2.05) is 0 Å². The summed E-state index contributed by atoms with van der Waals surface area (Å²) < 4.78 is 29.8. The Morgan fingerprint density at radius 3 is 2.95 bits per heavy atom. The fourth-order valence-electron chi connectivity index (χ4n) is 2.74. The third-order valence-electron chi connectivity index (χ3n) is 3.73. The van der Waals surface area contributed by atoms with Crippen LogP contribution in [0.3, 0.4) is 0 Å². The minimum atomic E-state index is -2.75. The number of piperazine rings is 1. The predicted octanol–water partition coefficient (Wildman–Crippen LogP) is 1.29. The van der Waals surface area contributed by atoms with Crippen LogP contribution in [0.25, 0.3) is 10.8 Å². The van der Waals surface area contributed by atoms with E-state index < -0.39 is 12.3 Å². The van der Waals surface area contributed by atoms with Crippen LogP contribution in [0, 0.1) is 0 Å². The van der Waals surface area contributed by atoms with Crippen molar-refractivity contribution in [2.24, 2.45) is 0 Å². The summed E-state index contributed by atoms with van der Waals surface area (Å²) in [6.45, 7) is 1.75. The molecule has 0 aromatic carbocycles. The van der Waals surface area contributed by atoms with Crippen molar-refractivity contribution in [3.8, 4) is 10.8 Å². The summed E-state index contributed by atoms with van der Waals surface area (Å²) in [5, 5.41) is 14.8. The Hall–Kier alpha value is -1.45. The van der Waals surface area contributed by atoms with Gasteiger partial charge >= 0.3 is 6.43 Å². The number of rotatable bonds is 3. The van der Waals surface area contributed by atoms with E-state index in [0.717, 1.165) is 24.5 Å². The summed E-state index contributed by atoms with van der Waals surface area (Å²) in [6, 6.07) is 0.483. The van der Waals surface area contributed by atoms with Gasteiger partial charge in [0.2, 0.25) is 0 Å². The molecule has 0 saturated carbocycles. The van der Waals surface area contributed by atoms with Crippen molar-refractivity contribution in [2.75, 3.05) is 13.1 Å². The van der Waals surface area contributed by atoms with Crippen LogP contribution in [-0.4, -0.2) is 34.3 Å². The highest BCUT2D eigenvalue weighted by atomic mass is 32.1. The molecule has 2 bridgehead atoms. The highest BCUT2D eigenvalue weighted by Crippen LogP contribution is 2.39. The molecule has 2 aromatic rings. The minimum Gasteiger partial charge on any atom is -0.414 e. The van der Waals surface area contributed by atoms with E-state index in [9.17, 15) is 8.78 Å². The van der Waals surface area contributed by atoms with E-state index in [-0.39, 0.29) is 11.4 Å². The Kier molecular flexibility index (Phi) is 2.63. The Labute approximate surface area is 116 Å². The Bertz CT molecular complexity index is 634. The number of thiazole rings is 1. The third-order valence-corrected chi connectivity index (χ3v) is 4.92. The molecule has 4 heterocycles. The van der Waals surface area contributed by atoms with Gasteiger partial charge in [0.05, 0.1) is 11.7 Å². The molecule has 0 amide bonds. The molecule has 9 heteroatoms. The van der Waals surface area contributed by atoms with Gasteiger partial charge in [-0.25, -0.2) is 4.98 Å². The van der Waals surface area contributed by atoms with E-state index in [1.54, 1.807) is 6.20 Å². The fraction of sp³-hybridized carbons (Fsp3) is 0.545. The summed E-state index contributed by atoms with van der Waals surface area (Å²) in [5.74, 6) is -0.560. The zero-order valence-electron chi connectivity index (χ0n) is 10.3. The third kappa shape index (κ3) is 1.77. The number of nitrogens with one attached hydrogen (secondary N) is 2. The van der Waals surface area contributed by atoms with E-state index in [2.05, 4.69) is 25.8 Å². The second-order valence-corrected chi connectivity index (χ2v) is 6.05. The molecular formula is C11H11F2N5OS. The van der Waals surface area contributed by atoms with Gasteiger partial charge in [-0.1, -0.05) is 0 Å². The summed E-state index contributed by atoms with van der Waals surface area (Å²) in [6.07, 6.45) is -0.157. The number of aromatic nitrogens is 3. The van der Waals surface area contributed by atoms with Gasteiger partial charge in [0.25, 0.3) is 11.8 Å². The molecule has 2 N–H and O–H groups in total. The van der Waals surface area contributed by atoms with Crippen LogP contribution in [0.2, 0.25) is 0 Å². The first-order valence-electron chi connectivity index (χ1n) is 6.23. The molecule has 4 rings (SSSR count). The molecule has 106 valence electrons. The summed E-state index contributed by atoms with van der Waals surface area (Å²) in [4.78, 5) is 5.02. The van der Waals surface area contributed by atoms with Crippen molar-refractivity contribution in [3.63, 3.8) is 0 Å². The molecule has 0 aliphatic carbocycles. The second-order valence-electron chi connectivity index (χ2n) is 5.02. The monoisotopic (exact) mass is 299 g/mol. The van der Waals surface area contributed by atoms with E-state index in [4.69, 9.17) is 4.42 Å². The molecule has 2 fully saturated rings. The van der Waals surface area contributed by atoms with Gasteiger partial charge in [-0.3, -0.25) is 0 Å². The van der Waals surface area contributed by atoms with Crippen molar-refractivity contribution in [1.82, 2.24) is 25.8 Å². The van der Waals surface area contributed by atoms with Crippen molar-refractivity contribution < 1.29 is 13.2 Å². The van der Waals surface area contributed by atoms with E-state index in [1.165, 1.54) is 11.3 Å². The highest BCUT2D eigenvalue weighted by molar-refractivity contribution is 7.15. The molecule has 6 nitrogen and oxygen atoms in total. The van der Waals surface area contributed by atoms with Crippen molar-refractivity contribution in [3.05, 3.63) is 17.1 Å². The zero-order valence-corrected chi connectivity index (χ0v) is 11.1. The maximum Gasteiger partial charge on any atom is 0.314 e. The Balaban J connectivity index is 1.64. The topological polar surface area (TPSA) is 75.9 Å². The number of halogens is 2. The van der Waals surface area contributed by atoms with Crippen LogP contribution in [0.5, 0.6) is 0 Å². The van der Waals surface area contributed by atoms with Gasteiger partial charge in [0, 0.05) is 19.1 Å². The number of nitrogens with zero attached hydrogens (tertiary/aromatic N) is 3. The van der Waals surface area contributed by atoms with Crippen LogP contribution in [-0.2, 0) is 5.54 Å². The summed E-state index contributed by atoms with van der Waals surface area (Å²) in [7, 11) is 0. The second kappa shape index (κ2) is 4.27. The minimum absolute atomic E-state index is 0.0981. The summed E-state index contributed by atoms with van der Waals surface area (Å²) in [5.41, 5.74) is -0.140. The number of hydrogen-bond acceptors (Lipinski definition) is 7. The lowest BCUT2D eigenvalue weighted by Crippen LogP contribution is -2.47. The first kappa shape index (κ1) is 12.3. The highest BCUT2D eigenvalue weighted by Gasteiger charge is 2.47. The normalized spacial score (nSPS) is 28.6. The van der Waals surface area contributed by atoms with Gasteiger partial charge in [-0.15, -0.1) is 21.5 Å². The fourth-order valence-corrected chi connectivity index (χ4v) is 3.75. The molecule has 2 aliphatic rings. The largest absolute Gasteiger partial charge is 0.414 e. The number of hydrogen-bond donors (Lipinski definition) is 2. The molecule has 2 aliphatic heterocycles. The smallest absolute Gasteiger partial charge is 0.314 e. The van der Waals surface area contributed by atoms with E-state index >= 15 is 0 Å². The van der Waals surface area contributed by atoms with Gasteiger partial charge in [0.15, 0.2) is 0 Å². The average molecular weight is 299 g/mol. The molecule has 0 spiro atoms. The van der Waals surface area contributed by atoms with Crippen LogP contribution in [0.1, 0.15) is 23.7 Å². The number of alkyl halides is 2. The van der Waals surface area contributed by atoms with Gasteiger partial charge in [-0.2, -0.15) is 8.78 Å². The average Bonchev–Trinajstić information content (AvgIpc) is 3.21. The molecule has 20 heavy (non-hydrogen) atoms. The molecule has 0 radical (unpaired) electrons. The lowest BCUT2D eigenvalue weighted by atomic mass is 10.0. The Morgan fingerprint density at radius 1 is 1.45 bits per heavy atom. The van der Waals surface area contributed by atoms with Gasteiger partial charge in [0.1, 0.15) is 9.88 Å². The molecular weight excluding hydrogens is 288 g/mol. The molecule has 2 unspecified atom stereocenters. The Morgan fingerprint density at radius 2 is 2.35 bits per heavy atom. The number of fused-ring (bicyclic) bond motifs is 2. The maximum atomic E-state index is 12.4. The maximum absolute atomic E-state index is 12.4. The first-order chi connectivity index (χ1) is 9.66. The van der Waals surface area contributed by atoms with Crippen molar-refractivity contribution in [1.29, 1.82) is 0 Å². The first-order valence-corrected chi connectivity index (χ1v) is 7.05. The summed E-state index contributed by atoms with van der Waals surface area (Å²) >= 11 is 1.40. The lowest BCUT2D eigenvalue weighted by molar-refractivity contribution is 0.116. The standard InChI is InChI=1S/C11H11F2N5OS/c12-7(13)9-18-17-8(19-9)6-3-14-10(20-6)11-1-5(2-16-11)15-4-11/h3,5,7,15-16H,1-2,4H2.